The zero-order valence-electron chi connectivity index (χ0n) is 16.2. The van der Waals surface area contributed by atoms with E-state index in [0.29, 0.717) is 11.0 Å². The molecule has 0 aromatic heterocycles. The number of hydrogen-bond donors (Lipinski definition) is 2. The highest BCUT2D eigenvalue weighted by Gasteiger charge is 2.46. The Morgan fingerprint density at radius 2 is 1.37 bits per heavy atom. The van der Waals surface area contributed by atoms with Crippen molar-refractivity contribution < 1.29 is 10.0 Å². The Morgan fingerprint density at radius 3 is 2.13 bits per heavy atom. The third kappa shape index (κ3) is 2.54. The molecule has 0 aliphatic heterocycles. The predicted octanol–water partition coefficient (Wildman–Crippen LogP) is 3.60. The maximum atomic E-state index is 9.88. The normalized spacial score (nSPS) is 16.4. The lowest BCUT2D eigenvalue weighted by molar-refractivity contribution is 0.425. The topological polar surface area (TPSA) is 64.2 Å². The van der Waals surface area contributed by atoms with Crippen LogP contribution in [-0.2, 0) is 5.41 Å². The molecule has 1 aliphatic rings. The maximum absolute atomic E-state index is 9.88. The molecule has 3 nitrogen and oxygen atoms in total. The van der Waals surface area contributed by atoms with E-state index in [2.05, 4.69) is 30.3 Å². The van der Waals surface area contributed by atoms with E-state index in [1.165, 1.54) is 0 Å². The van der Waals surface area contributed by atoms with Crippen LogP contribution in [0.25, 0.3) is 11.1 Å². The summed E-state index contributed by atoms with van der Waals surface area (Å²) in [7, 11) is -1.56. The predicted molar refractivity (Wildman–Crippen MR) is 118 cm³/mol. The van der Waals surface area contributed by atoms with E-state index in [9.17, 15) is 15.3 Å². The van der Waals surface area contributed by atoms with Crippen LogP contribution in [0.3, 0.4) is 0 Å². The second-order valence-electron chi connectivity index (χ2n) is 7.53. The molecular formula is C26H18BNO2. The van der Waals surface area contributed by atoms with Gasteiger partial charge in [-0.2, -0.15) is 5.26 Å². The fourth-order valence-electron chi connectivity index (χ4n) is 4.76. The smallest absolute Gasteiger partial charge is 0.423 e. The number of fused-ring (bicyclic) bond motifs is 3. The molecule has 30 heavy (non-hydrogen) atoms. The first-order valence-electron chi connectivity index (χ1n) is 9.83. The highest BCUT2D eigenvalue weighted by atomic mass is 16.4. The fraction of sp³-hybridized carbons (Fsp3) is 0.0385. The molecule has 0 saturated heterocycles. The zero-order chi connectivity index (χ0) is 20.7. The van der Waals surface area contributed by atoms with E-state index in [1.807, 2.05) is 60.7 Å². The molecule has 5 rings (SSSR count). The van der Waals surface area contributed by atoms with Crippen molar-refractivity contribution in [1.29, 1.82) is 5.26 Å². The van der Waals surface area contributed by atoms with Gasteiger partial charge >= 0.3 is 7.12 Å². The molecule has 1 atom stereocenters. The minimum atomic E-state index is -1.56. The van der Waals surface area contributed by atoms with Gasteiger partial charge in [-0.05, 0) is 51.0 Å². The van der Waals surface area contributed by atoms with E-state index in [0.717, 1.165) is 33.4 Å². The fourth-order valence-corrected chi connectivity index (χ4v) is 4.76. The van der Waals surface area contributed by atoms with Crippen molar-refractivity contribution in [3.63, 3.8) is 0 Å². The molecule has 0 heterocycles. The van der Waals surface area contributed by atoms with Gasteiger partial charge in [0.1, 0.15) is 0 Å². The molecule has 142 valence electrons. The molecule has 4 heteroatoms. The largest absolute Gasteiger partial charge is 0.488 e. The molecule has 4 aromatic rings. The van der Waals surface area contributed by atoms with Gasteiger partial charge in [-0.1, -0.05) is 84.9 Å². The highest BCUT2D eigenvalue weighted by Crippen LogP contribution is 2.55. The molecule has 0 bridgehead atoms. The second-order valence-corrected chi connectivity index (χ2v) is 7.53. The van der Waals surface area contributed by atoms with Crippen molar-refractivity contribution in [1.82, 2.24) is 0 Å². The Hall–Kier alpha value is -3.65. The minimum Gasteiger partial charge on any atom is -0.423 e. The first kappa shape index (κ1) is 18.4. The average molecular weight is 387 g/mol. The first-order valence-corrected chi connectivity index (χ1v) is 9.83. The van der Waals surface area contributed by atoms with Gasteiger partial charge in [0.05, 0.1) is 17.0 Å². The Morgan fingerprint density at radius 1 is 0.667 bits per heavy atom. The van der Waals surface area contributed by atoms with E-state index >= 15 is 0 Å². The summed E-state index contributed by atoms with van der Waals surface area (Å²) in [5.74, 6) is 0. The summed E-state index contributed by atoms with van der Waals surface area (Å²) in [5.41, 5.74) is 6.68. The van der Waals surface area contributed by atoms with E-state index in [4.69, 9.17) is 0 Å². The van der Waals surface area contributed by atoms with Crippen LogP contribution in [0.5, 0.6) is 0 Å². The summed E-state index contributed by atoms with van der Waals surface area (Å²) in [5, 5.41) is 29.3. The van der Waals surface area contributed by atoms with Gasteiger partial charge in [0.25, 0.3) is 0 Å². The molecule has 2 N–H and O–H groups in total. The SMILES string of the molecule is N#Cc1cccc(C2(c3ccccc3)c3ccccc3-c3ccc(B(O)O)cc32)c1. The molecule has 0 saturated carbocycles. The quantitative estimate of drug-likeness (QED) is 0.465. The van der Waals surface area contributed by atoms with Crippen LogP contribution in [0.4, 0.5) is 0 Å². The molecule has 0 radical (unpaired) electrons. The Bertz CT molecular complexity index is 1290. The van der Waals surface area contributed by atoms with Gasteiger partial charge in [-0.25, -0.2) is 0 Å². The average Bonchev–Trinajstić information content (AvgIpc) is 3.10. The van der Waals surface area contributed by atoms with E-state index < -0.39 is 12.5 Å². The van der Waals surface area contributed by atoms with Gasteiger partial charge in [-0.3, -0.25) is 0 Å². The Kier molecular flexibility index (Phi) is 4.29. The Balaban J connectivity index is 1.96. The molecular weight excluding hydrogens is 369 g/mol. The van der Waals surface area contributed by atoms with Crippen LogP contribution >= 0.6 is 0 Å². The summed E-state index contributed by atoms with van der Waals surface area (Å²) in [4.78, 5) is 0. The highest BCUT2D eigenvalue weighted by molar-refractivity contribution is 6.58. The standard InChI is InChI=1S/C26H18BNO2/c28-17-18-7-6-10-20(15-18)26(19-8-2-1-3-9-19)24-12-5-4-11-22(24)23-14-13-21(27(29)30)16-25(23)26/h1-16,29-30H. The molecule has 0 amide bonds. The minimum absolute atomic E-state index is 0.443. The van der Waals surface area contributed by atoms with Crippen LogP contribution in [-0.4, -0.2) is 17.2 Å². The summed E-state index contributed by atoms with van der Waals surface area (Å²) in [6.45, 7) is 0. The van der Waals surface area contributed by atoms with Crippen LogP contribution in [0, 0.1) is 11.3 Å². The van der Waals surface area contributed by atoms with Gasteiger partial charge < -0.3 is 10.0 Å². The van der Waals surface area contributed by atoms with Crippen molar-refractivity contribution >= 4 is 12.6 Å². The lowest BCUT2D eigenvalue weighted by atomic mass is 9.66. The van der Waals surface area contributed by atoms with Crippen molar-refractivity contribution in [3.8, 4) is 17.2 Å². The summed E-state index contributed by atoms with van der Waals surface area (Å²) in [6, 6.07) is 34.0. The van der Waals surface area contributed by atoms with Crippen LogP contribution < -0.4 is 5.46 Å². The Labute approximate surface area is 175 Å². The molecule has 0 fully saturated rings. The van der Waals surface area contributed by atoms with Crippen molar-refractivity contribution in [2.75, 3.05) is 0 Å². The summed E-state index contributed by atoms with van der Waals surface area (Å²) in [6.07, 6.45) is 0. The number of rotatable bonds is 3. The lowest BCUT2D eigenvalue weighted by Gasteiger charge is -2.34. The number of nitriles is 1. The van der Waals surface area contributed by atoms with Crippen molar-refractivity contribution in [2.24, 2.45) is 0 Å². The number of hydrogen-bond acceptors (Lipinski definition) is 3. The van der Waals surface area contributed by atoms with E-state index in [1.54, 1.807) is 12.1 Å². The van der Waals surface area contributed by atoms with Gasteiger partial charge in [0, 0.05) is 0 Å². The van der Waals surface area contributed by atoms with Crippen LogP contribution in [0.1, 0.15) is 27.8 Å². The van der Waals surface area contributed by atoms with Crippen LogP contribution in [0.15, 0.2) is 97.1 Å². The third-order valence-electron chi connectivity index (χ3n) is 6.00. The molecule has 1 aliphatic carbocycles. The van der Waals surface area contributed by atoms with Gasteiger partial charge in [-0.15, -0.1) is 0 Å². The van der Waals surface area contributed by atoms with Gasteiger partial charge in [0.2, 0.25) is 0 Å². The molecule has 0 spiro atoms. The summed E-state index contributed by atoms with van der Waals surface area (Å²) < 4.78 is 0. The van der Waals surface area contributed by atoms with Crippen molar-refractivity contribution in [3.05, 3.63) is 125 Å². The maximum Gasteiger partial charge on any atom is 0.488 e. The summed E-state index contributed by atoms with van der Waals surface area (Å²) >= 11 is 0. The van der Waals surface area contributed by atoms with Gasteiger partial charge in [0.15, 0.2) is 0 Å². The lowest BCUT2D eigenvalue weighted by Crippen LogP contribution is -2.33. The third-order valence-corrected chi connectivity index (χ3v) is 6.00. The monoisotopic (exact) mass is 387 g/mol. The second kappa shape index (κ2) is 7.00. The van der Waals surface area contributed by atoms with E-state index in [-0.39, 0.29) is 0 Å². The molecule has 1 unspecified atom stereocenters. The zero-order valence-corrected chi connectivity index (χ0v) is 16.2. The number of nitrogens with zero attached hydrogens (tertiary/aromatic N) is 1. The number of benzene rings is 4. The molecule has 4 aromatic carbocycles. The first-order chi connectivity index (χ1) is 14.7. The van der Waals surface area contributed by atoms with Crippen molar-refractivity contribution in [2.45, 2.75) is 5.41 Å². The van der Waals surface area contributed by atoms with Crippen LogP contribution in [0.2, 0.25) is 0 Å².